The molecule has 46 heavy (non-hydrogen) atoms. The smallest absolute Gasteiger partial charge is 0.336 e. The average molecular weight is 603 g/mol. The van der Waals surface area contributed by atoms with E-state index >= 15 is 0 Å². The van der Waals surface area contributed by atoms with Gasteiger partial charge in [-0.3, -0.25) is 0 Å². The van der Waals surface area contributed by atoms with Crippen LogP contribution in [0, 0.1) is 17.8 Å². The fourth-order valence-electron chi connectivity index (χ4n) is 10.1. The highest BCUT2D eigenvalue weighted by atomic mass is 16.5. The van der Waals surface area contributed by atoms with Crippen LogP contribution in [0.25, 0.3) is 11.1 Å². The molecule has 3 nitrogen and oxygen atoms in total. The monoisotopic (exact) mass is 602 g/mol. The van der Waals surface area contributed by atoms with E-state index in [2.05, 4.69) is 78.9 Å². The van der Waals surface area contributed by atoms with Crippen molar-refractivity contribution in [1.82, 2.24) is 0 Å². The fourth-order valence-corrected chi connectivity index (χ4v) is 10.1. The highest BCUT2D eigenvalue weighted by Gasteiger charge is 2.52. The van der Waals surface area contributed by atoms with Gasteiger partial charge in [-0.05, 0) is 120 Å². The zero-order chi connectivity index (χ0) is 30.8. The van der Waals surface area contributed by atoms with Crippen molar-refractivity contribution in [2.24, 2.45) is 17.8 Å². The number of benzene rings is 5. The summed E-state index contributed by atoms with van der Waals surface area (Å²) in [4.78, 5) is 12.1. The molecule has 1 heterocycles. The van der Waals surface area contributed by atoms with Crippen LogP contribution < -0.4 is 4.74 Å². The number of hydrogen-bond acceptors (Lipinski definition) is 2. The molecule has 4 bridgehead atoms. The second kappa shape index (κ2) is 10.7. The summed E-state index contributed by atoms with van der Waals surface area (Å²) in [6.07, 6.45) is 9.25. The molecule has 3 heteroatoms. The largest absolute Gasteiger partial charge is 0.478 e. The van der Waals surface area contributed by atoms with Crippen molar-refractivity contribution >= 4 is 5.97 Å². The number of carboxylic acids is 1. The number of para-hydroxylation sites is 1. The summed E-state index contributed by atoms with van der Waals surface area (Å²) in [5.74, 6) is 3.38. The van der Waals surface area contributed by atoms with Gasteiger partial charge in [0.1, 0.15) is 11.5 Å². The molecule has 5 aromatic carbocycles. The molecule has 4 fully saturated rings. The standard InChI is InChI=1S/C43H38O3/c44-42(45)35-11-5-4-10-34(35)31-16-17-37-40(23-31)46-39-13-7-6-12-36(39)41(37)33-15-14-32(21-27-8-2-1-3-9-27)38(22-33)43-24-28-18-29(25-43)20-30(19-28)26-43/h1-17,22-23,28-30,41H,18-21,24-26H2,(H,44,45). The highest BCUT2D eigenvalue weighted by molar-refractivity contribution is 5.96. The number of ether oxygens (including phenoxy) is 1. The second-order valence-electron chi connectivity index (χ2n) is 14.5. The Kier molecular flexibility index (Phi) is 6.45. The predicted octanol–water partition coefficient (Wildman–Crippen LogP) is 10.4. The third kappa shape index (κ3) is 4.59. The van der Waals surface area contributed by atoms with E-state index in [-0.39, 0.29) is 11.3 Å². The highest BCUT2D eigenvalue weighted by Crippen LogP contribution is 2.62. The first-order valence-corrected chi connectivity index (χ1v) is 16.9. The van der Waals surface area contributed by atoms with Crippen molar-refractivity contribution in [2.75, 3.05) is 0 Å². The quantitative estimate of drug-likeness (QED) is 0.206. The van der Waals surface area contributed by atoms with Crippen molar-refractivity contribution in [1.29, 1.82) is 0 Å². The van der Waals surface area contributed by atoms with Crippen molar-refractivity contribution in [3.05, 3.63) is 154 Å². The van der Waals surface area contributed by atoms with Gasteiger partial charge in [0.15, 0.2) is 0 Å². The Balaban J connectivity index is 1.19. The maximum Gasteiger partial charge on any atom is 0.336 e. The van der Waals surface area contributed by atoms with Crippen molar-refractivity contribution in [3.63, 3.8) is 0 Å². The third-order valence-corrected chi connectivity index (χ3v) is 11.6. The summed E-state index contributed by atoms with van der Waals surface area (Å²) < 4.78 is 6.58. The lowest BCUT2D eigenvalue weighted by Crippen LogP contribution is -2.49. The molecule has 0 spiro atoms. The summed E-state index contributed by atoms with van der Waals surface area (Å²) in [7, 11) is 0. The minimum atomic E-state index is -0.926. The van der Waals surface area contributed by atoms with Gasteiger partial charge in [0.25, 0.3) is 0 Å². The number of hydrogen-bond donors (Lipinski definition) is 1. The van der Waals surface area contributed by atoms with Crippen LogP contribution in [0.1, 0.15) is 88.2 Å². The van der Waals surface area contributed by atoms with Crippen molar-refractivity contribution < 1.29 is 14.6 Å². The number of fused-ring (bicyclic) bond motifs is 2. The van der Waals surface area contributed by atoms with Gasteiger partial charge >= 0.3 is 5.97 Å². The first-order valence-electron chi connectivity index (χ1n) is 16.9. The molecule has 4 aliphatic carbocycles. The van der Waals surface area contributed by atoms with E-state index in [4.69, 9.17) is 4.74 Å². The molecule has 0 aromatic heterocycles. The molecule has 1 N–H and O–H groups in total. The second-order valence-corrected chi connectivity index (χ2v) is 14.5. The Morgan fingerprint density at radius 3 is 2.13 bits per heavy atom. The van der Waals surface area contributed by atoms with Crippen LogP contribution in [0.5, 0.6) is 11.5 Å². The van der Waals surface area contributed by atoms with Crippen LogP contribution >= 0.6 is 0 Å². The molecule has 0 radical (unpaired) electrons. The molecule has 10 rings (SSSR count). The maximum absolute atomic E-state index is 12.1. The van der Waals surface area contributed by atoms with E-state index in [9.17, 15) is 9.90 Å². The Morgan fingerprint density at radius 1 is 0.696 bits per heavy atom. The number of rotatable bonds is 6. The molecule has 5 aromatic rings. The molecule has 228 valence electrons. The molecule has 0 amide bonds. The third-order valence-electron chi connectivity index (χ3n) is 11.6. The summed E-state index contributed by atoms with van der Waals surface area (Å²) >= 11 is 0. The summed E-state index contributed by atoms with van der Waals surface area (Å²) in [5.41, 5.74) is 10.2. The summed E-state index contributed by atoms with van der Waals surface area (Å²) in [6.45, 7) is 0. The normalized spacial score (nSPS) is 25.4. The molecule has 1 aliphatic heterocycles. The van der Waals surface area contributed by atoms with Crippen LogP contribution in [0.15, 0.2) is 115 Å². The number of carboxylic acid groups (broad SMARTS) is 1. The lowest BCUT2D eigenvalue weighted by Gasteiger charge is -2.57. The zero-order valence-corrected chi connectivity index (χ0v) is 26.0. The molecular weight excluding hydrogens is 564 g/mol. The van der Waals surface area contributed by atoms with Crippen LogP contribution in [0.3, 0.4) is 0 Å². The zero-order valence-electron chi connectivity index (χ0n) is 26.0. The molecular formula is C43H38O3. The maximum atomic E-state index is 12.1. The molecule has 1 atom stereocenters. The van der Waals surface area contributed by atoms with Crippen LogP contribution in [-0.2, 0) is 11.8 Å². The van der Waals surface area contributed by atoms with E-state index in [1.54, 1.807) is 17.7 Å². The predicted molar refractivity (Wildman–Crippen MR) is 182 cm³/mol. The van der Waals surface area contributed by atoms with Crippen LogP contribution in [0.2, 0.25) is 0 Å². The lowest BCUT2D eigenvalue weighted by atomic mass is 9.47. The number of carbonyl (C=O) groups is 1. The Hall–Kier alpha value is -4.63. The number of aromatic carboxylic acids is 1. The van der Waals surface area contributed by atoms with Gasteiger partial charge < -0.3 is 9.84 Å². The fraction of sp³-hybridized carbons (Fsp3) is 0.279. The van der Waals surface area contributed by atoms with E-state index in [0.29, 0.717) is 11.1 Å². The van der Waals surface area contributed by atoms with Gasteiger partial charge in [0.05, 0.1) is 5.56 Å². The first kappa shape index (κ1) is 27.7. The van der Waals surface area contributed by atoms with E-state index in [1.807, 2.05) is 24.3 Å². The van der Waals surface area contributed by atoms with Gasteiger partial charge in [0, 0.05) is 17.0 Å². The molecule has 1 unspecified atom stereocenters. The van der Waals surface area contributed by atoms with Gasteiger partial charge in [-0.25, -0.2) is 4.79 Å². The minimum Gasteiger partial charge on any atom is -0.478 e. The topological polar surface area (TPSA) is 46.5 Å². The Morgan fingerprint density at radius 2 is 1.37 bits per heavy atom. The first-order chi connectivity index (χ1) is 22.5. The van der Waals surface area contributed by atoms with Crippen LogP contribution in [0.4, 0.5) is 0 Å². The van der Waals surface area contributed by atoms with Gasteiger partial charge in [0.2, 0.25) is 0 Å². The van der Waals surface area contributed by atoms with E-state index in [0.717, 1.165) is 46.8 Å². The van der Waals surface area contributed by atoms with E-state index < -0.39 is 5.97 Å². The molecule has 0 saturated heterocycles. The molecule has 4 saturated carbocycles. The minimum absolute atomic E-state index is 0.0298. The van der Waals surface area contributed by atoms with Gasteiger partial charge in [-0.2, -0.15) is 0 Å². The summed E-state index contributed by atoms with van der Waals surface area (Å²) in [6, 6.07) is 40.2. The van der Waals surface area contributed by atoms with E-state index in [1.165, 1.54) is 60.8 Å². The Bertz CT molecular complexity index is 1940. The SMILES string of the molecule is O=C(O)c1ccccc1-c1ccc2c(c1)Oc1ccccc1C2c1ccc(Cc2ccccc2)c(C23CC4CC(CC(C4)C2)C3)c1. The Labute approximate surface area is 270 Å². The molecule has 5 aliphatic rings. The summed E-state index contributed by atoms with van der Waals surface area (Å²) in [5, 5.41) is 9.88. The van der Waals surface area contributed by atoms with Crippen LogP contribution in [-0.4, -0.2) is 11.1 Å². The van der Waals surface area contributed by atoms with Gasteiger partial charge in [-0.1, -0.05) is 97.1 Å². The average Bonchev–Trinajstić information content (AvgIpc) is 3.07. The lowest BCUT2D eigenvalue weighted by molar-refractivity contribution is -0.00557. The van der Waals surface area contributed by atoms with Crippen molar-refractivity contribution in [3.8, 4) is 22.6 Å². The van der Waals surface area contributed by atoms with Gasteiger partial charge in [-0.15, -0.1) is 0 Å². The van der Waals surface area contributed by atoms with Crippen molar-refractivity contribution in [2.45, 2.75) is 56.3 Å².